The van der Waals surface area contributed by atoms with Crippen molar-refractivity contribution in [1.29, 1.82) is 0 Å². The Kier molecular flexibility index (Phi) is 5.35. The molecule has 0 amide bonds. The number of rotatable bonds is 5. The number of nitrogens with zero attached hydrogens (tertiary/aromatic N) is 2. The fourth-order valence-corrected chi connectivity index (χ4v) is 2.50. The van der Waals surface area contributed by atoms with Crippen LogP contribution >= 0.6 is 0 Å². The highest BCUT2D eigenvalue weighted by Crippen LogP contribution is 2.20. The second-order valence-electron chi connectivity index (χ2n) is 5.29. The molecular weight excluding hydrogens is 248 g/mol. The first-order valence-electron chi connectivity index (χ1n) is 6.64. The summed E-state index contributed by atoms with van der Waals surface area (Å²) < 4.78 is 26.5. The Morgan fingerprint density at radius 1 is 1.21 bits per heavy atom. The van der Waals surface area contributed by atoms with E-state index in [0.29, 0.717) is 5.92 Å². The quantitative estimate of drug-likeness (QED) is 0.835. The lowest BCUT2D eigenvalue weighted by atomic mass is 9.99. The van der Waals surface area contributed by atoms with Crippen molar-refractivity contribution >= 4 is 0 Å². The van der Waals surface area contributed by atoms with Gasteiger partial charge in [0.25, 0.3) is 6.43 Å². The van der Waals surface area contributed by atoms with Crippen molar-refractivity contribution < 1.29 is 13.3 Å². The van der Waals surface area contributed by atoms with Gasteiger partial charge in [-0.1, -0.05) is 13.8 Å². The summed E-state index contributed by atoms with van der Waals surface area (Å²) in [7, 11) is 1.93. The highest BCUT2D eigenvalue weighted by atomic mass is 19.3. The molecule has 0 aromatic carbocycles. The van der Waals surface area contributed by atoms with E-state index in [9.17, 15) is 8.78 Å². The van der Waals surface area contributed by atoms with Gasteiger partial charge in [-0.25, -0.2) is 13.3 Å². The average Bonchev–Trinajstić information content (AvgIpc) is 2.30. The summed E-state index contributed by atoms with van der Waals surface area (Å²) >= 11 is 0. The van der Waals surface area contributed by atoms with Crippen molar-refractivity contribution in [2.75, 3.05) is 6.54 Å². The Hall–Kier alpha value is -1.10. The van der Waals surface area contributed by atoms with Crippen molar-refractivity contribution in [3.05, 3.63) is 22.8 Å². The lowest BCUT2D eigenvalue weighted by Crippen LogP contribution is -2.44. The van der Waals surface area contributed by atoms with Crippen LogP contribution in [-0.2, 0) is 7.05 Å². The summed E-state index contributed by atoms with van der Waals surface area (Å²) in [6, 6.07) is -0.197. The van der Waals surface area contributed by atoms with Crippen LogP contribution in [0.4, 0.5) is 8.78 Å². The molecule has 3 nitrogen and oxygen atoms in total. The Balaban J connectivity index is 3.10. The number of aromatic nitrogens is 2. The molecule has 0 aliphatic heterocycles. The third-order valence-corrected chi connectivity index (χ3v) is 3.45. The summed E-state index contributed by atoms with van der Waals surface area (Å²) in [6.45, 7) is 9.84. The van der Waals surface area contributed by atoms with Gasteiger partial charge in [0.15, 0.2) is 5.69 Å². The average molecular weight is 272 g/mol. The maximum atomic E-state index is 12.3. The minimum atomic E-state index is -2.34. The molecule has 0 bridgehead atoms. The molecule has 5 heteroatoms. The molecule has 0 aliphatic rings. The van der Waals surface area contributed by atoms with E-state index in [1.165, 1.54) is 5.56 Å². The van der Waals surface area contributed by atoms with Gasteiger partial charge in [0.1, 0.15) is 11.7 Å². The maximum Gasteiger partial charge on any atom is 0.315 e. The number of alkyl halides is 2. The molecule has 1 heterocycles. The molecular formula is C14H24F2N3+. The van der Waals surface area contributed by atoms with Crippen LogP contribution in [0.15, 0.2) is 0 Å². The van der Waals surface area contributed by atoms with Crippen molar-refractivity contribution in [2.45, 2.75) is 53.0 Å². The minimum Gasteiger partial charge on any atom is -0.298 e. The first-order chi connectivity index (χ1) is 8.75. The predicted octanol–water partition coefficient (Wildman–Crippen LogP) is 2.56. The Labute approximate surface area is 114 Å². The molecule has 0 saturated heterocycles. The molecule has 0 spiro atoms. The number of nitrogens with one attached hydrogen (secondary N) is 1. The van der Waals surface area contributed by atoms with Gasteiger partial charge >= 0.3 is 5.82 Å². The highest BCUT2D eigenvalue weighted by Gasteiger charge is 2.26. The maximum absolute atomic E-state index is 12.3. The standard InChI is InChI=1S/C14H24F2N3/c1-8(2)13-9(3)18-14(19(6)11(13)5)10(4)17-7-12(15)16/h8,10,12,17H,7H2,1-6H3/q+1. The van der Waals surface area contributed by atoms with Crippen molar-refractivity contribution in [3.63, 3.8) is 0 Å². The number of hydrogen-bond donors (Lipinski definition) is 1. The van der Waals surface area contributed by atoms with Gasteiger partial charge in [-0.05, 0) is 24.7 Å². The highest BCUT2D eigenvalue weighted by molar-refractivity contribution is 5.24. The van der Waals surface area contributed by atoms with E-state index in [2.05, 4.69) is 24.1 Å². The van der Waals surface area contributed by atoms with Crippen molar-refractivity contribution in [3.8, 4) is 0 Å². The molecule has 1 unspecified atom stereocenters. The molecule has 19 heavy (non-hydrogen) atoms. The first kappa shape index (κ1) is 16.0. The summed E-state index contributed by atoms with van der Waals surface area (Å²) in [5, 5.41) is 2.81. The number of hydrogen-bond acceptors (Lipinski definition) is 2. The van der Waals surface area contributed by atoms with Gasteiger partial charge in [-0.3, -0.25) is 5.32 Å². The van der Waals surface area contributed by atoms with E-state index < -0.39 is 6.43 Å². The number of aryl methyl sites for hydroxylation is 1. The van der Waals surface area contributed by atoms with Crippen LogP contribution in [0.5, 0.6) is 0 Å². The lowest BCUT2D eigenvalue weighted by Gasteiger charge is -2.16. The largest absolute Gasteiger partial charge is 0.315 e. The van der Waals surface area contributed by atoms with Crippen molar-refractivity contribution in [2.24, 2.45) is 7.05 Å². The van der Waals surface area contributed by atoms with E-state index in [0.717, 1.165) is 17.2 Å². The summed E-state index contributed by atoms with van der Waals surface area (Å²) in [6.07, 6.45) is -2.34. The summed E-state index contributed by atoms with van der Waals surface area (Å²) in [5.74, 6) is 1.19. The van der Waals surface area contributed by atoms with E-state index in [-0.39, 0.29) is 12.6 Å². The normalized spacial score (nSPS) is 13.4. The third kappa shape index (κ3) is 3.69. The third-order valence-electron chi connectivity index (χ3n) is 3.45. The van der Waals surface area contributed by atoms with Crippen LogP contribution < -0.4 is 9.88 Å². The fourth-order valence-electron chi connectivity index (χ4n) is 2.50. The molecule has 0 radical (unpaired) electrons. The Bertz CT molecular complexity index is 445. The van der Waals surface area contributed by atoms with E-state index >= 15 is 0 Å². The summed E-state index contributed by atoms with van der Waals surface area (Å²) in [4.78, 5) is 4.59. The van der Waals surface area contributed by atoms with Gasteiger partial charge < -0.3 is 0 Å². The van der Waals surface area contributed by atoms with Gasteiger partial charge in [0.2, 0.25) is 0 Å². The van der Waals surface area contributed by atoms with Crippen LogP contribution in [0.25, 0.3) is 0 Å². The first-order valence-corrected chi connectivity index (χ1v) is 6.64. The molecule has 1 aromatic heterocycles. The topological polar surface area (TPSA) is 28.8 Å². The molecule has 0 aliphatic carbocycles. The molecule has 0 saturated carbocycles. The van der Waals surface area contributed by atoms with E-state index in [1.807, 2.05) is 32.4 Å². The Morgan fingerprint density at radius 3 is 2.26 bits per heavy atom. The van der Waals surface area contributed by atoms with Crippen LogP contribution in [0, 0.1) is 13.8 Å². The zero-order chi connectivity index (χ0) is 14.7. The van der Waals surface area contributed by atoms with Gasteiger partial charge in [0, 0.05) is 12.5 Å². The number of halogens is 2. The molecule has 1 aromatic rings. The predicted molar refractivity (Wildman–Crippen MR) is 71.4 cm³/mol. The zero-order valence-electron chi connectivity index (χ0n) is 12.6. The van der Waals surface area contributed by atoms with Crippen LogP contribution in [0.1, 0.15) is 55.5 Å². The van der Waals surface area contributed by atoms with Crippen molar-refractivity contribution in [1.82, 2.24) is 10.3 Å². The van der Waals surface area contributed by atoms with E-state index in [1.54, 1.807) is 0 Å². The van der Waals surface area contributed by atoms with Crippen LogP contribution in [0.2, 0.25) is 0 Å². The minimum absolute atomic E-state index is 0.197. The molecule has 0 fully saturated rings. The molecule has 1 rings (SSSR count). The summed E-state index contributed by atoms with van der Waals surface area (Å²) in [5.41, 5.74) is 3.35. The van der Waals surface area contributed by atoms with Gasteiger partial charge in [-0.15, -0.1) is 0 Å². The SMILES string of the molecule is Cc1nc(C(C)NCC(F)F)[n+](C)c(C)c1C(C)C. The Morgan fingerprint density at radius 2 is 1.79 bits per heavy atom. The van der Waals surface area contributed by atoms with Gasteiger partial charge in [-0.2, -0.15) is 0 Å². The molecule has 108 valence electrons. The monoisotopic (exact) mass is 272 g/mol. The van der Waals surface area contributed by atoms with Crippen LogP contribution in [0.3, 0.4) is 0 Å². The molecule has 1 atom stereocenters. The second kappa shape index (κ2) is 6.37. The zero-order valence-corrected chi connectivity index (χ0v) is 12.6. The molecule has 1 N–H and O–H groups in total. The van der Waals surface area contributed by atoms with Gasteiger partial charge in [0.05, 0.1) is 13.6 Å². The smallest absolute Gasteiger partial charge is 0.298 e. The van der Waals surface area contributed by atoms with Crippen LogP contribution in [-0.4, -0.2) is 18.0 Å². The lowest BCUT2D eigenvalue weighted by molar-refractivity contribution is -0.690. The second-order valence-corrected chi connectivity index (χ2v) is 5.29. The fraction of sp³-hybridized carbons (Fsp3) is 0.714. The van der Waals surface area contributed by atoms with E-state index in [4.69, 9.17) is 0 Å².